The predicted molar refractivity (Wildman–Crippen MR) is 107 cm³/mol. The minimum atomic E-state index is -0.352. The summed E-state index contributed by atoms with van der Waals surface area (Å²) >= 11 is 0. The van der Waals surface area contributed by atoms with Crippen molar-refractivity contribution >= 4 is 5.97 Å². The molecule has 0 fully saturated rings. The molecule has 0 radical (unpaired) electrons. The van der Waals surface area contributed by atoms with Gasteiger partial charge < -0.3 is 9.84 Å². The number of carbonyl (C=O) groups excluding carboxylic acids is 1. The summed E-state index contributed by atoms with van der Waals surface area (Å²) in [4.78, 5) is 11.5. The van der Waals surface area contributed by atoms with Crippen LogP contribution in [0.1, 0.15) is 117 Å². The lowest BCUT2D eigenvalue weighted by atomic mass is 10.0. The van der Waals surface area contributed by atoms with Crippen molar-refractivity contribution < 1.29 is 14.6 Å². The molecule has 0 saturated carbocycles. The second kappa shape index (κ2) is 18.2. The molecule has 0 aromatic carbocycles. The third-order valence-electron chi connectivity index (χ3n) is 4.65. The lowest BCUT2D eigenvalue weighted by Crippen LogP contribution is -2.14. The molecule has 150 valence electrons. The minimum Gasteiger partial charge on any atom is -0.465 e. The Balaban J connectivity index is 3.27. The number of carbonyl (C=O) groups is 1. The summed E-state index contributed by atoms with van der Waals surface area (Å²) < 4.78 is 5.12. The van der Waals surface area contributed by atoms with Gasteiger partial charge in [-0.25, -0.2) is 0 Å². The number of hydrogen-bond donors (Lipinski definition) is 1. The molecule has 1 unspecified atom stereocenters. The van der Waals surface area contributed by atoms with E-state index in [4.69, 9.17) is 4.74 Å². The van der Waals surface area contributed by atoms with Crippen molar-refractivity contribution in [3.05, 3.63) is 0 Å². The van der Waals surface area contributed by atoms with Gasteiger partial charge in [0.25, 0.3) is 0 Å². The molecule has 0 aliphatic carbocycles. The van der Waals surface area contributed by atoms with Crippen molar-refractivity contribution in [2.45, 2.75) is 123 Å². The van der Waals surface area contributed by atoms with E-state index in [0.29, 0.717) is 25.4 Å². The monoisotopic (exact) mass is 356 g/mol. The molecule has 3 nitrogen and oxygen atoms in total. The molecule has 0 aliphatic rings. The Hall–Kier alpha value is -0.570. The first kappa shape index (κ1) is 24.4. The van der Waals surface area contributed by atoms with E-state index in [1.54, 1.807) is 0 Å². The van der Waals surface area contributed by atoms with Crippen LogP contribution in [0.2, 0.25) is 0 Å². The van der Waals surface area contributed by atoms with Crippen LogP contribution in [0.15, 0.2) is 0 Å². The number of rotatable bonds is 18. The van der Waals surface area contributed by atoms with Crippen molar-refractivity contribution in [1.29, 1.82) is 0 Å². The summed E-state index contributed by atoms with van der Waals surface area (Å²) in [6.45, 7) is 6.79. The van der Waals surface area contributed by atoms with E-state index in [1.807, 2.05) is 13.8 Å². The topological polar surface area (TPSA) is 46.5 Å². The van der Waals surface area contributed by atoms with Crippen molar-refractivity contribution in [2.75, 3.05) is 6.61 Å². The number of aliphatic hydroxyl groups is 1. The highest BCUT2D eigenvalue weighted by molar-refractivity contribution is 5.69. The van der Waals surface area contributed by atoms with E-state index in [0.717, 1.165) is 12.8 Å². The highest BCUT2D eigenvalue weighted by Gasteiger charge is 2.09. The third kappa shape index (κ3) is 19.6. The molecule has 0 amide bonds. The van der Waals surface area contributed by atoms with Gasteiger partial charge in [0.05, 0.1) is 12.7 Å². The molecular formula is C22H44O3. The predicted octanol–water partition coefficient (Wildman–Crippen LogP) is 6.42. The summed E-state index contributed by atoms with van der Waals surface area (Å²) in [6.07, 6.45) is 17.3. The van der Waals surface area contributed by atoms with Crippen molar-refractivity contribution in [1.82, 2.24) is 0 Å². The van der Waals surface area contributed by atoms with Crippen LogP contribution in [0.4, 0.5) is 0 Å². The number of esters is 1. The summed E-state index contributed by atoms with van der Waals surface area (Å²) in [6, 6.07) is 0. The second-order valence-corrected chi connectivity index (χ2v) is 7.95. The average molecular weight is 357 g/mol. The second-order valence-electron chi connectivity index (χ2n) is 7.95. The fourth-order valence-electron chi connectivity index (χ4n) is 2.98. The highest BCUT2D eigenvalue weighted by atomic mass is 16.5. The Kier molecular flexibility index (Phi) is 17.8. The van der Waals surface area contributed by atoms with E-state index in [9.17, 15) is 9.90 Å². The zero-order valence-electron chi connectivity index (χ0n) is 17.2. The van der Waals surface area contributed by atoms with Crippen molar-refractivity contribution in [3.63, 3.8) is 0 Å². The van der Waals surface area contributed by atoms with Gasteiger partial charge >= 0.3 is 5.97 Å². The Bertz CT molecular complexity index is 289. The van der Waals surface area contributed by atoms with E-state index in [-0.39, 0.29) is 12.1 Å². The van der Waals surface area contributed by atoms with Gasteiger partial charge in [0.15, 0.2) is 0 Å². The van der Waals surface area contributed by atoms with Gasteiger partial charge in [-0.15, -0.1) is 0 Å². The molecule has 0 bridgehead atoms. The standard InChI is InChI=1S/C22H44O3/c1-4-5-6-7-8-9-10-11-12-13-14-15-16-21(23)17-18-22(24)25-19-20(2)3/h20-21,23H,4-19H2,1-3H3. The molecule has 3 heteroatoms. The Labute approximate surface area is 156 Å². The van der Waals surface area contributed by atoms with E-state index in [2.05, 4.69) is 6.92 Å². The minimum absolute atomic E-state index is 0.178. The Morgan fingerprint density at radius 3 is 1.76 bits per heavy atom. The zero-order chi connectivity index (χ0) is 18.8. The van der Waals surface area contributed by atoms with Gasteiger partial charge in [-0.3, -0.25) is 4.79 Å². The molecule has 0 aromatic rings. The average Bonchev–Trinajstić information content (AvgIpc) is 2.59. The van der Waals surface area contributed by atoms with Crippen LogP contribution in [0.25, 0.3) is 0 Å². The fraction of sp³-hybridized carbons (Fsp3) is 0.955. The molecule has 0 saturated heterocycles. The van der Waals surface area contributed by atoms with Crippen LogP contribution < -0.4 is 0 Å². The lowest BCUT2D eigenvalue weighted by Gasteiger charge is -2.11. The first-order valence-electron chi connectivity index (χ1n) is 10.9. The summed E-state index contributed by atoms with van der Waals surface area (Å²) in [7, 11) is 0. The zero-order valence-corrected chi connectivity index (χ0v) is 17.2. The Morgan fingerprint density at radius 1 is 0.800 bits per heavy atom. The summed E-state index contributed by atoms with van der Waals surface area (Å²) in [5.41, 5.74) is 0. The molecule has 0 aliphatic heterocycles. The molecule has 0 spiro atoms. The van der Waals surface area contributed by atoms with Crippen molar-refractivity contribution in [3.8, 4) is 0 Å². The van der Waals surface area contributed by atoms with Crippen LogP contribution in [0, 0.1) is 5.92 Å². The van der Waals surface area contributed by atoms with Gasteiger partial charge in [-0.2, -0.15) is 0 Å². The maximum Gasteiger partial charge on any atom is 0.305 e. The van der Waals surface area contributed by atoms with Gasteiger partial charge in [0, 0.05) is 6.42 Å². The van der Waals surface area contributed by atoms with Crippen molar-refractivity contribution in [2.24, 2.45) is 5.92 Å². The molecule has 0 heterocycles. The van der Waals surface area contributed by atoms with E-state index in [1.165, 1.54) is 70.6 Å². The number of aliphatic hydroxyl groups excluding tert-OH is 1. The molecule has 0 aromatic heterocycles. The van der Waals surface area contributed by atoms with Gasteiger partial charge in [-0.05, 0) is 18.8 Å². The molecule has 25 heavy (non-hydrogen) atoms. The number of ether oxygens (including phenoxy) is 1. The summed E-state index contributed by atoms with van der Waals surface area (Å²) in [5.74, 6) is 0.192. The van der Waals surface area contributed by atoms with E-state index >= 15 is 0 Å². The quantitative estimate of drug-likeness (QED) is 0.228. The SMILES string of the molecule is CCCCCCCCCCCCCCC(O)CCC(=O)OCC(C)C. The lowest BCUT2D eigenvalue weighted by molar-refractivity contribution is -0.145. The first-order chi connectivity index (χ1) is 12.1. The smallest absolute Gasteiger partial charge is 0.305 e. The number of hydrogen-bond acceptors (Lipinski definition) is 3. The maximum atomic E-state index is 11.5. The van der Waals surface area contributed by atoms with Gasteiger partial charge in [-0.1, -0.05) is 97.8 Å². The molecular weight excluding hydrogens is 312 g/mol. The first-order valence-corrected chi connectivity index (χ1v) is 10.9. The van der Waals surface area contributed by atoms with Crippen LogP contribution in [-0.4, -0.2) is 23.8 Å². The molecule has 1 atom stereocenters. The van der Waals surface area contributed by atoms with Gasteiger partial charge in [0.1, 0.15) is 0 Å². The summed E-state index contributed by atoms with van der Waals surface area (Å²) in [5, 5.41) is 9.93. The maximum absolute atomic E-state index is 11.5. The van der Waals surface area contributed by atoms with E-state index < -0.39 is 0 Å². The molecule has 0 rings (SSSR count). The van der Waals surface area contributed by atoms with Crippen LogP contribution >= 0.6 is 0 Å². The van der Waals surface area contributed by atoms with Crippen LogP contribution in [-0.2, 0) is 9.53 Å². The Morgan fingerprint density at radius 2 is 1.28 bits per heavy atom. The highest BCUT2D eigenvalue weighted by Crippen LogP contribution is 2.14. The normalized spacial score (nSPS) is 12.5. The van der Waals surface area contributed by atoms with Crippen LogP contribution in [0.3, 0.4) is 0 Å². The number of unbranched alkanes of at least 4 members (excludes halogenated alkanes) is 11. The van der Waals surface area contributed by atoms with Crippen LogP contribution in [0.5, 0.6) is 0 Å². The largest absolute Gasteiger partial charge is 0.465 e. The fourth-order valence-corrected chi connectivity index (χ4v) is 2.98. The third-order valence-corrected chi connectivity index (χ3v) is 4.65. The molecule has 1 N–H and O–H groups in total. The van der Waals surface area contributed by atoms with Gasteiger partial charge in [0.2, 0.25) is 0 Å².